The number of rotatable bonds is 4. The van der Waals surface area contributed by atoms with Crippen LogP contribution in [0.1, 0.15) is 44.2 Å². The lowest BCUT2D eigenvalue weighted by Crippen LogP contribution is -2.22. The summed E-state index contributed by atoms with van der Waals surface area (Å²) in [6.07, 6.45) is 1.91. The number of nitrogens with zero attached hydrogens (tertiary/aromatic N) is 2. The molecule has 3 nitrogen and oxygen atoms in total. The van der Waals surface area contributed by atoms with Crippen molar-refractivity contribution < 1.29 is 9.50 Å². The van der Waals surface area contributed by atoms with E-state index in [1.807, 2.05) is 20.8 Å². The van der Waals surface area contributed by atoms with Crippen LogP contribution in [-0.2, 0) is 5.41 Å². The fourth-order valence-corrected chi connectivity index (χ4v) is 3.63. The summed E-state index contributed by atoms with van der Waals surface area (Å²) in [5.41, 5.74) is 0.770. The zero-order chi connectivity index (χ0) is 16.5. The van der Waals surface area contributed by atoms with Gasteiger partial charge < -0.3 is 5.11 Å². The molecule has 0 saturated carbocycles. The Morgan fingerprint density at radius 3 is 2.41 bits per heavy atom. The van der Waals surface area contributed by atoms with Crippen molar-refractivity contribution in [3.05, 3.63) is 51.8 Å². The maximum Gasteiger partial charge on any atom is 0.137 e. The highest BCUT2D eigenvalue weighted by atomic mass is 35.5. The van der Waals surface area contributed by atoms with Crippen LogP contribution < -0.4 is 0 Å². The molecule has 1 heterocycles. The number of hydrogen-bond donors (Lipinski definition) is 1. The Bertz CT molecular complexity index is 672. The minimum absolute atomic E-state index is 0.0752. The Hall–Kier alpha value is -1.39. The fraction of sp³-hybridized carbons (Fsp3) is 0.375. The number of hydrogen-bond acceptors (Lipinski definition) is 3. The summed E-state index contributed by atoms with van der Waals surface area (Å²) < 4.78 is 13.4. The van der Waals surface area contributed by atoms with E-state index in [9.17, 15) is 9.50 Å². The second kappa shape index (κ2) is 6.39. The van der Waals surface area contributed by atoms with Crippen molar-refractivity contribution in [2.24, 2.45) is 0 Å². The number of benzene rings is 1. The van der Waals surface area contributed by atoms with E-state index < -0.39 is 5.41 Å². The van der Waals surface area contributed by atoms with Gasteiger partial charge in [0, 0.05) is 5.56 Å². The molecule has 118 valence electrons. The first-order valence-corrected chi connectivity index (χ1v) is 7.63. The topological polar surface area (TPSA) is 46.0 Å². The second-order valence-corrected chi connectivity index (χ2v) is 6.74. The summed E-state index contributed by atoms with van der Waals surface area (Å²) >= 11 is 12.3. The third kappa shape index (κ3) is 3.50. The predicted octanol–water partition coefficient (Wildman–Crippen LogP) is 5.10. The normalized spacial score (nSPS) is 13.2. The highest BCUT2D eigenvalue weighted by Crippen LogP contribution is 2.41. The summed E-state index contributed by atoms with van der Waals surface area (Å²) in [6, 6.07) is 3.94. The van der Waals surface area contributed by atoms with E-state index >= 15 is 0 Å². The molecule has 0 aliphatic rings. The van der Waals surface area contributed by atoms with Crippen LogP contribution in [0.2, 0.25) is 10.3 Å². The summed E-state index contributed by atoms with van der Waals surface area (Å²) in [5.74, 6) is -0.402. The molecule has 1 atom stereocenters. The highest BCUT2D eigenvalue weighted by molar-refractivity contribution is 6.34. The quantitative estimate of drug-likeness (QED) is 0.786. The molecule has 22 heavy (non-hydrogen) atoms. The number of aromatic hydroxyl groups is 1. The maximum absolute atomic E-state index is 13.4. The SMILES string of the molecule is CC(CC(C)(C)c1c(Cl)ncnc1Cl)c1cc(F)ccc1O. The zero-order valence-corrected chi connectivity index (χ0v) is 14.1. The van der Waals surface area contributed by atoms with Gasteiger partial charge in [0.25, 0.3) is 0 Å². The molecule has 2 rings (SSSR count). The van der Waals surface area contributed by atoms with E-state index in [2.05, 4.69) is 9.97 Å². The lowest BCUT2D eigenvalue weighted by atomic mass is 9.76. The molecular weight excluding hydrogens is 326 g/mol. The largest absolute Gasteiger partial charge is 0.508 e. The zero-order valence-electron chi connectivity index (χ0n) is 12.6. The molecule has 0 aliphatic carbocycles. The van der Waals surface area contributed by atoms with E-state index in [0.717, 1.165) is 0 Å². The molecule has 1 aromatic carbocycles. The van der Waals surface area contributed by atoms with Crippen molar-refractivity contribution in [3.63, 3.8) is 0 Å². The van der Waals surface area contributed by atoms with Gasteiger partial charge >= 0.3 is 0 Å². The van der Waals surface area contributed by atoms with Gasteiger partial charge in [-0.1, -0.05) is 44.0 Å². The summed E-state index contributed by atoms with van der Waals surface area (Å²) in [5, 5.41) is 10.6. The number of phenols is 1. The van der Waals surface area contributed by atoms with E-state index in [-0.39, 0.29) is 17.5 Å². The number of halogens is 3. The van der Waals surface area contributed by atoms with Crippen LogP contribution in [0, 0.1) is 5.82 Å². The standard InChI is InChI=1S/C16H17Cl2FN2O/c1-9(11-6-10(19)4-5-12(11)22)7-16(2,3)13-14(17)20-8-21-15(13)18/h4-6,8-9,22H,7H2,1-3H3. The molecule has 0 amide bonds. The minimum Gasteiger partial charge on any atom is -0.508 e. The Kier molecular flexibility index (Phi) is 4.93. The van der Waals surface area contributed by atoms with E-state index in [0.29, 0.717) is 27.9 Å². The Balaban J connectivity index is 2.34. The van der Waals surface area contributed by atoms with Crippen molar-refractivity contribution >= 4 is 23.2 Å². The Morgan fingerprint density at radius 2 is 1.82 bits per heavy atom. The van der Waals surface area contributed by atoms with Crippen molar-refractivity contribution in [2.45, 2.75) is 38.5 Å². The molecule has 0 spiro atoms. The third-order valence-corrected chi connectivity index (χ3v) is 4.34. The highest BCUT2D eigenvalue weighted by Gasteiger charge is 2.30. The molecule has 1 unspecified atom stereocenters. The van der Waals surface area contributed by atoms with Crippen LogP contribution in [0.15, 0.2) is 24.5 Å². The van der Waals surface area contributed by atoms with Gasteiger partial charge in [-0.05, 0) is 41.5 Å². The smallest absolute Gasteiger partial charge is 0.137 e. The van der Waals surface area contributed by atoms with Crippen molar-refractivity contribution in [1.82, 2.24) is 9.97 Å². The molecule has 0 bridgehead atoms. The minimum atomic E-state index is -0.437. The van der Waals surface area contributed by atoms with Gasteiger partial charge in [0.15, 0.2) is 0 Å². The summed E-state index contributed by atoms with van der Waals surface area (Å²) in [7, 11) is 0. The van der Waals surface area contributed by atoms with Crippen molar-refractivity contribution in [1.29, 1.82) is 0 Å². The van der Waals surface area contributed by atoms with Gasteiger partial charge in [0.2, 0.25) is 0 Å². The first-order chi connectivity index (χ1) is 10.2. The molecule has 6 heteroatoms. The molecule has 0 aliphatic heterocycles. The average molecular weight is 343 g/mol. The van der Waals surface area contributed by atoms with Crippen LogP contribution in [-0.4, -0.2) is 15.1 Å². The van der Waals surface area contributed by atoms with Crippen LogP contribution in [0.3, 0.4) is 0 Å². The Morgan fingerprint density at radius 1 is 1.23 bits per heavy atom. The molecule has 0 radical (unpaired) electrons. The van der Waals surface area contributed by atoms with Crippen molar-refractivity contribution in [3.8, 4) is 5.75 Å². The number of aromatic nitrogens is 2. The average Bonchev–Trinajstić information content (AvgIpc) is 2.40. The van der Waals surface area contributed by atoms with Crippen LogP contribution in [0.4, 0.5) is 4.39 Å². The lowest BCUT2D eigenvalue weighted by molar-refractivity contribution is 0.415. The molecule has 0 saturated heterocycles. The van der Waals surface area contributed by atoms with Gasteiger partial charge in [-0.25, -0.2) is 14.4 Å². The van der Waals surface area contributed by atoms with Gasteiger partial charge in [-0.3, -0.25) is 0 Å². The first-order valence-electron chi connectivity index (χ1n) is 6.87. The van der Waals surface area contributed by atoms with Gasteiger partial charge in [0.05, 0.1) is 0 Å². The van der Waals surface area contributed by atoms with Gasteiger partial charge in [-0.2, -0.15) is 0 Å². The predicted molar refractivity (Wildman–Crippen MR) is 86.2 cm³/mol. The third-order valence-electron chi connectivity index (χ3n) is 3.77. The van der Waals surface area contributed by atoms with E-state index in [1.165, 1.54) is 24.5 Å². The molecule has 1 N–H and O–H groups in total. The van der Waals surface area contributed by atoms with E-state index in [1.54, 1.807) is 0 Å². The maximum atomic E-state index is 13.4. The van der Waals surface area contributed by atoms with Crippen LogP contribution >= 0.6 is 23.2 Å². The van der Waals surface area contributed by atoms with Crippen molar-refractivity contribution in [2.75, 3.05) is 0 Å². The summed E-state index contributed by atoms with van der Waals surface area (Å²) in [4.78, 5) is 7.96. The monoisotopic (exact) mass is 342 g/mol. The molecule has 0 fully saturated rings. The molecule has 2 aromatic rings. The fourth-order valence-electron chi connectivity index (χ4n) is 2.80. The van der Waals surface area contributed by atoms with E-state index in [4.69, 9.17) is 23.2 Å². The second-order valence-electron chi connectivity index (χ2n) is 6.02. The number of phenolic OH excluding ortho intramolecular Hbond substituents is 1. The van der Waals surface area contributed by atoms with Gasteiger partial charge in [-0.15, -0.1) is 0 Å². The molecular formula is C16H17Cl2FN2O. The first kappa shape index (κ1) is 17.0. The Labute approximate surface area is 139 Å². The lowest BCUT2D eigenvalue weighted by Gasteiger charge is -2.29. The molecule has 1 aromatic heterocycles. The summed E-state index contributed by atoms with van der Waals surface area (Å²) in [6.45, 7) is 5.86. The van der Waals surface area contributed by atoms with Crippen LogP contribution in [0.25, 0.3) is 0 Å². The van der Waals surface area contributed by atoms with Crippen LogP contribution in [0.5, 0.6) is 5.75 Å². The van der Waals surface area contributed by atoms with Gasteiger partial charge in [0.1, 0.15) is 28.2 Å².